The highest BCUT2D eigenvalue weighted by Gasteiger charge is 2.33. The van der Waals surface area contributed by atoms with Crippen molar-refractivity contribution in [3.8, 4) is 0 Å². The van der Waals surface area contributed by atoms with Crippen molar-refractivity contribution >= 4 is 81.6 Å². The van der Waals surface area contributed by atoms with E-state index < -0.39 is 34.3 Å². The Balaban J connectivity index is 1.44. The van der Waals surface area contributed by atoms with Crippen molar-refractivity contribution in [2.75, 3.05) is 0 Å². The molecular formula is C33H37ClN6O6S2. The summed E-state index contributed by atoms with van der Waals surface area (Å²) in [4.78, 5) is 45.8. The average molecular weight is 713 g/mol. The number of nitrogens with one attached hydrogen (secondary N) is 2. The van der Waals surface area contributed by atoms with Gasteiger partial charge >= 0.3 is 11.9 Å². The molecule has 2 amide bonds. The highest BCUT2D eigenvalue weighted by molar-refractivity contribution is 8.16. The third-order valence-corrected chi connectivity index (χ3v) is 10.2. The lowest BCUT2D eigenvalue weighted by Gasteiger charge is -2.28. The number of thioether (sulfide) groups is 2. The zero-order chi connectivity index (χ0) is 35.2. The predicted molar refractivity (Wildman–Crippen MR) is 192 cm³/mol. The third-order valence-electron chi connectivity index (χ3n) is 7.71. The van der Waals surface area contributed by atoms with Crippen LogP contribution in [0.1, 0.15) is 81.7 Å². The molecule has 2 atom stereocenters. The molecule has 2 aromatic rings. The first-order chi connectivity index (χ1) is 22.5. The zero-order valence-corrected chi connectivity index (χ0v) is 29.5. The molecule has 0 saturated carbocycles. The van der Waals surface area contributed by atoms with E-state index in [9.17, 15) is 19.2 Å². The molecule has 4 N–H and O–H groups in total. The van der Waals surface area contributed by atoms with Crippen molar-refractivity contribution in [1.82, 2.24) is 10.6 Å². The topological polar surface area (TPSA) is 182 Å². The van der Waals surface area contributed by atoms with Crippen LogP contribution >= 0.6 is 35.1 Å². The Hall–Kier alpha value is -4.01. The van der Waals surface area contributed by atoms with Crippen LogP contribution in [0.15, 0.2) is 56.8 Å². The van der Waals surface area contributed by atoms with E-state index in [1.807, 2.05) is 24.3 Å². The number of amides is 2. The highest BCUT2D eigenvalue weighted by Crippen LogP contribution is 2.34. The number of hydrogen-bond donors (Lipinski definition) is 4. The van der Waals surface area contributed by atoms with E-state index in [0.717, 1.165) is 47.5 Å². The fourth-order valence-corrected chi connectivity index (χ4v) is 7.12. The van der Waals surface area contributed by atoms with Gasteiger partial charge in [0.2, 0.25) is 11.8 Å². The number of nitrogens with zero attached hydrogens (tertiary/aromatic N) is 4. The minimum absolute atomic E-state index is 0.0933. The lowest BCUT2D eigenvalue weighted by Crippen LogP contribution is -2.26. The molecule has 0 radical (unpaired) electrons. The lowest BCUT2D eigenvalue weighted by atomic mass is 9.76. The van der Waals surface area contributed by atoms with Gasteiger partial charge in [0.15, 0.2) is 10.3 Å². The molecule has 4 rings (SSSR count). The van der Waals surface area contributed by atoms with Gasteiger partial charge in [0, 0.05) is 10.6 Å². The molecule has 254 valence electrons. The van der Waals surface area contributed by atoms with Crippen LogP contribution in [0.5, 0.6) is 0 Å². The maximum absolute atomic E-state index is 12.0. The van der Waals surface area contributed by atoms with Crippen LogP contribution in [0.4, 0.5) is 0 Å². The fraction of sp³-hybridized carbons (Fsp3) is 0.394. The minimum Gasteiger partial charge on any atom is -0.481 e. The van der Waals surface area contributed by atoms with Gasteiger partial charge in [-0.1, -0.05) is 94.0 Å². The fourth-order valence-electron chi connectivity index (χ4n) is 5.06. The number of carbonyl (C=O) groups is 4. The largest absolute Gasteiger partial charge is 0.481 e. The number of benzene rings is 2. The molecule has 0 aliphatic carbocycles. The predicted octanol–water partition coefficient (Wildman–Crippen LogP) is 5.34. The summed E-state index contributed by atoms with van der Waals surface area (Å²) >= 11 is 8.72. The number of carbonyl (C=O) groups excluding carboxylic acids is 2. The Labute approximate surface area is 292 Å². The molecule has 2 saturated heterocycles. The number of aliphatic carboxylic acids is 2. The summed E-state index contributed by atoms with van der Waals surface area (Å²) in [7, 11) is 0. The van der Waals surface area contributed by atoms with Crippen molar-refractivity contribution in [1.29, 1.82) is 0 Å². The van der Waals surface area contributed by atoms with Crippen molar-refractivity contribution in [3.63, 3.8) is 0 Å². The summed E-state index contributed by atoms with van der Waals surface area (Å²) in [6.07, 6.45) is 4.12. The van der Waals surface area contributed by atoms with E-state index in [2.05, 4.69) is 77.8 Å². The molecular weight excluding hydrogens is 676 g/mol. The van der Waals surface area contributed by atoms with Gasteiger partial charge in [0.1, 0.15) is 10.5 Å². The van der Waals surface area contributed by atoms with Gasteiger partial charge in [-0.15, -0.1) is 10.2 Å². The van der Waals surface area contributed by atoms with E-state index >= 15 is 0 Å². The second-order valence-electron chi connectivity index (χ2n) is 13.0. The zero-order valence-electron chi connectivity index (χ0n) is 27.1. The number of rotatable bonds is 12. The number of aryl methyl sites for hydroxylation is 1. The monoisotopic (exact) mass is 712 g/mol. The van der Waals surface area contributed by atoms with Gasteiger partial charge in [-0.05, 0) is 58.1 Å². The number of halogens is 1. The summed E-state index contributed by atoms with van der Waals surface area (Å²) < 4.78 is 0. The Bertz CT molecular complexity index is 1730. The number of carboxylic acid groups (broad SMARTS) is 2. The SMILES string of the molecule is CC(C)(C)c1ccc(/C=N/N=C2\NC(=O)C(CC(=O)O)S2)cc1CCC(C)(C)c1ccc(/C=N/N=C2\NC(=O)C(CC(=O)O)S2)c(Cl)c1. The van der Waals surface area contributed by atoms with Crippen LogP contribution in [-0.2, 0) is 36.4 Å². The number of carboxylic acids is 2. The Morgan fingerprint density at radius 1 is 0.854 bits per heavy atom. The summed E-state index contributed by atoms with van der Waals surface area (Å²) in [5, 5.41) is 38.8. The van der Waals surface area contributed by atoms with Crippen molar-refractivity contribution in [2.24, 2.45) is 20.4 Å². The summed E-state index contributed by atoms with van der Waals surface area (Å²) in [5.74, 6) is -2.91. The summed E-state index contributed by atoms with van der Waals surface area (Å²) in [5.41, 5.74) is 4.61. The Morgan fingerprint density at radius 3 is 1.94 bits per heavy atom. The molecule has 2 aliphatic heterocycles. The van der Waals surface area contributed by atoms with Crippen molar-refractivity contribution in [2.45, 2.75) is 81.6 Å². The second kappa shape index (κ2) is 15.5. The molecule has 15 heteroatoms. The molecule has 0 bridgehead atoms. The van der Waals surface area contributed by atoms with Gasteiger partial charge in [-0.3, -0.25) is 19.2 Å². The van der Waals surface area contributed by atoms with Gasteiger partial charge in [-0.2, -0.15) is 10.2 Å². The lowest BCUT2D eigenvalue weighted by molar-refractivity contribution is -0.138. The first kappa shape index (κ1) is 36.8. The van der Waals surface area contributed by atoms with Crippen LogP contribution in [0.2, 0.25) is 5.02 Å². The first-order valence-corrected chi connectivity index (χ1v) is 17.2. The highest BCUT2D eigenvalue weighted by atomic mass is 35.5. The van der Waals surface area contributed by atoms with E-state index in [1.54, 1.807) is 6.21 Å². The summed E-state index contributed by atoms with van der Waals surface area (Å²) in [6, 6.07) is 12.0. The Morgan fingerprint density at radius 2 is 1.42 bits per heavy atom. The van der Waals surface area contributed by atoms with Crippen LogP contribution in [0, 0.1) is 0 Å². The molecule has 12 nitrogen and oxygen atoms in total. The molecule has 2 aliphatic rings. The van der Waals surface area contributed by atoms with Crippen LogP contribution < -0.4 is 10.6 Å². The first-order valence-electron chi connectivity index (χ1n) is 15.1. The van der Waals surface area contributed by atoms with E-state index in [1.165, 1.54) is 17.3 Å². The van der Waals surface area contributed by atoms with E-state index in [4.69, 9.17) is 21.8 Å². The molecule has 0 spiro atoms. The van der Waals surface area contributed by atoms with E-state index in [0.29, 0.717) is 10.6 Å². The molecule has 2 heterocycles. The third kappa shape index (κ3) is 10.0. The molecule has 48 heavy (non-hydrogen) atoms. The van der Waals surface area contributed by atoms with Crippen LogP contribution in [-0.4, -0.2) is 67.2 Å². The second-order valence-corrected chi connectivity index (χ2v) is 15.8. The summed E-state index contributed by atoms with van der Waals surface area (Å²) in [6.45, 7) is 10.8. The number of amidine groups is 2. The molecule has 2 unspecified atom stereocenters. The molecule has 2 fully saturated rings. The quantitative estimate of drug-likeness (QED) is 0.168. The maximum atomic E-state index is 12.0. The van der Waals surface area contributed by atoms with Gasteiger partial charge in [0.05, 0.1) is 25.3 Å². The molecule has 2 aromatic carbocycles. The van der Waals surface area contributed by atoms with E-state index in [-0.39, 0.29) is 34.0 Å². The minimum atomic E-state index is -1.06. The molecule has 0 aromatic heterocycles. The van der Waals surface area contributed by atoms with Crippen LogP contribution in [0.3, 0.4) is 0 Å². The van der Waals surface area contributed by atoms with Gasteiger partial charge in [-0.25, -0.2) is 0 Å². The van der Waals surface area contributed by atoms with Gasteiger partial charge in [0.25, 0.3) is 0 Å². The Kier molecular flexibility index (Phi) is 11.9. The van der Waals surface area contributed by atoms with Crippen molar-refractivity contribution in [3.05, 3.63) is 69.2 Å². The average Bonchev–Trinajstić information content (AvgIpc) is 3.51. The standard InChI is InChI=1S/C33H37ClN6O6S2/c1-32(2,3)22-9-6-18(16-35-39-30-37-28(45)24(47-30)14-26(41)42)12-19(22)10-11-33(4,5)21-8-7-20(23(34)13-21)17-36-40-31-38-29(46)25(48-31)15-27(43)44/h6-9,12-13,16-17,24-25H,10-11,14-15H2,1-5H3,(H,41,42)(H,43,44)(H,37,39,45)(H,38,40,46)/b35-16+,36-17+. The number of hydrogen-bond acceptors (Lipinski definition) is 10. The normalized spacial score (nSPS) is 20.3. The van der Waals surface area contributed by atoms with Gasteiger partial charge < -0.3 is 20.8 Å². The van der Waals surface area contributed by atoms with Crippen LogP contribution in [0.25, 0.3) is 0 Å². The maximum Gasteiger partial charge on any atom is 0.305 e. The van der Waals surface area contributed by atoms with Crippen molar-refractivity contribution < 1.29 is 29.4 Å². The smallest absolute Gasteiger partial charge is 0.305 e.